The smallest absolute Gasteiger partial charge is 0.224 e. The Kier molecular flexibility index (Phi) is 4.30. The number of H-pyrrole nitrogens is 1. The van der Waals surface area contributed by atoms with Gasteiger partial charge in [-0.2, -0.15) is 41.9 Å². The van der Waals surface area contributed by atoms with Gasteiger partial charge in [0.25, 0.3) is 0 Å². The lowest BCUT2D eigenvalue weighted by Crippen LogP contribution is -2.12. The van der Waals surface area contributed by atoms with Crippen LogP contribution in [0.1, 0.15) is 17.1 Å². The maximum Gasteiger partial charge on any atom is 0.451 e. The van der Waals surface area contributed by atoms with E-state index >= 15 is 0 Å². The third kappa shape index (κ3) is 3.71. The largest absolute Gasteiger partial charge is 0.451 e. The van der Waals surface area contributed by atoms with Crippen molar-refractivity contribution in [2.24, 2.45) is 0 Å². The molecular weight excluding hydrogens is 378 g/mol. The maximum absolute atomic E-state index is 13.1. The number of hydrogen-bond donors (Lipinski definition) is 1. The van der Waals surface area contributed by atoms with Crippen LogP contribution in [0.25, 0.3) is 22.6 Å². The van der Waals surface area contributed by atoms with Gasteiger partial charge in [0.2, 0.25) is 5.82 Å². The van der Waals surface area contributed by atoms with Crippen molar-refractivity contribution in [3.05, 3.63) is 47.4 Å². The Morgan fingerprint density at radius 2 is 1.48 bits per heavy atom. The molecule has 1 N–H and O–H groups in total. The lowest BCUT2D eigenvalue weighted by molar-refractivity contribution is -0.144. The normalized spacial score (nSPS) is 12.0. The summed E-state index contributed by atoms with van der Waals surface area (Å²) in [6.45, 7) is 0. The van der Waals surface area contributed by atoms with Crippen molar-refractivity contribution in [2.75, 3.05) is 0 Å². The molecule has 0 bridgehead atoms. The topological polar surface area (TPSA) is 91.1 Å². The summed E-state index contributed by atoms with van der Waals surface area (Å²) in [5, 5.41) is 18.1. The van der Waals surface area contributed by atoms with Crippen molar-refractivity contribution in [3.8, 4) is 28.7 Å². The molecule has 138 valence electrons. The predicted octanol–water partition coefficient (Wildman–Crippen LogP) is 3.84. The Hall–Kier alpha value is -3.49. The first-order valence-corrected chi connectivity index (χ1v) is 7.05. The Morgan fingerprint density at radius 1 is 0.852 bits per heavy atom. The number of halogens is 6. The standard InChI is InChI=1S/C15H6F6N6/c16-14(17,18)8-3-1-7(2-4-8)9-5-10(12-11(6-22)25-27-26-12)24-13(23-9)15(19,20)21/h1-5H,(H,25,26,27). The summed E-state index contributed by atoms with van der Waals surface area (Å²) in [5.41, 5.74) is -2.12. The summed E-state index contributed by atoms with van der Waals surface area (Å²) in [6.07, 6.45) is -9.51. The second kappa shape index (κ2) is 6.35. The molecule has 12 heteroatoms. The van der Waals surface area contributed by atoms with E-state index in [2.05, 4.69) is 25.4 Å². The monoisotopic (exact) mass is 384 g/mol. The van der Waals surface area contributed by atoms with Gasteiger partial charge in [0.05, 0.1) is 17.0 Å². The van der Waals surface area contributed by atoms with Crippen LogP contribution in [-0.2, 0) is 12.4 Å². The summed E-state index contributed by atoms with van der Waals surface area (Å²) in [6, 6.07) is 6.15. The first-order valence-electron chi connectivity index (χ1n) is 7.05. The van der Waals surface area contributed by atoms with Crippen LogP contribution in [-0.4, -0.2) is 25.4 Å². The van der Waals surface area contributed by atoms with E-state index in [1.54, 1.807) is 6.07 Å². The summed E-state index contributed by atoms with van der Waals surface area (Å²) >= 11 is 0. The Morgan fingerprint density at radius 3 is 2.04 bits per heavy atom. The Balaban J connectivity index is 2.16. The van der Waals surface area contributed by atoms with Crippen molar-refractivity contribution >= 4 is 0 Å². The van der Waals surface area contributed by atoms with Gasteiger partial charge in [-0.1, -0.05) is 12.1 Å². The first kappa shape index (κ1) is 18.3. The Labute approximate surface area is 146 Å². The third-order valence-electron chi connectivity index (χ3n) is 3.38. The molecule has 0 aliphatic rings. The average molecular weight is 384 g/mol. The number of hydrogen-bond acceptors (Lipinski definition) is 5. The number of aromatic amines is 1. The molecule has 0 saturated carbocycles. The van der Waals surface area contributed by atoms with Gasteiger partial charge in [0.15, 0.2) is 5.69 Å². The van der Waals surface area contributed by atoms with Gasteiger partial charge in [-0.05, 0) is 18.2 Å². The fourth-order valence-corrected chi connectivity index (χ4v) is 2.16. The molecule has 0 spiro atoms. The van der Waals surface area contributed by atoms with Crippen LogP contribution in [0.5, 0.6) is 0 Å². The molecule has 1 aromatic carbocycles. The van der Waals surface area contributed by atoms with Gasteiger partial charge in [0, 0.05) is 5.56 Å². The molecule has 2 aromatic heterocycles. The number of aromatic nitrogens is 5. The van der Waals surface area contributed by atoms with Crippen molar-refractivity contribution in [2.45, 2.75) is 12.4 Å². The van der Waals surface area contributed by atoms with Gasteiger partial charge in [-0.15, -0.1) is 5.10 Å². The minimum atomic E-state index is -4.92. The zero-order chi connectivity index (χ0) is 19.8. The summed E-state index contributed by atoms with van der Waals surface area (Å²) in [4.78, 5) is 6.72. The fourth-order valence-electron chi connectivity index (χ4n) is 2.16. The number of nitrogens with one attached hydrogen (secondary N) is 1. The maximum atomic E-state index is 13.1. The number of alkyl halides is 6. The zero-order valence-electron chi connectivity index (χ0n) is 12.9. The van der Waals surface area contributed by atoms with Crippen LogP contribution < -0.4 is 0 Å². The van der Waals surface area contributed by atoms with Crippen LogP contribution in [0, 0.1) is 11.3 Å². The Bertz CT molecular complexity index is 1010. The van der Waals surface area contributed by atoms with Crippen LogP contribution in [0.2, 0.25) is 0 Å². The number of benzene rings is 1. The van der Waals surface area contributed by atoms with Crippen LogP contribution in [0.15, 0.2) is 30.3 Å². The average Bonchev–Trinajstić information content (AvgIpc) is 3.09. The highest BCUT2D eigenvalue weighted by atomic mass is 19.4. The van der Waals surface area contributed by atoms with Gasteiger partial charge in [-0.3, -0.25) is 0 Å². The molecule has 0 saturated heterocycles. The number of rotatable bonds is 2. The number of nitrogens with zero attached hydrogens (tertiary/aromatic N) is 5. The molecule has 0 amide bonds. The highest BCUT2D eigenvalue weighted by Gasteiger charge is 2.36. The van der Waals surface area contributed by atoms with Gasteiger partial charge in [0.1, 0.15) is 11.8 Å². The quantitative estimate of drug-likeness (QED) is 0.678. The molecule has 2 heterocycles. The van der Waals surface area contributed by atoms with E-state index in [4.69, 9.17) is 5.26 Å². The van der Waals surface area contributed by atoms with Crippen LogP contribution >= 0.6 is 0 Å². The molecule has 27 heavy (non-hydrogen) atoms. The fraction of sp³-hybridized carbons (Fsp3) is 0.133. The number of nitriles is 1. The molecular formula is C15H6F6N6. The molecule has 0 atom stereocenters. The molecule has 0 aliphatic heterocycles. The SMILES string of the molecule is N#Cc1n[nH]nc1-c1cc(-c2ccc(C(F)(F)F)cc2)nc(C(F)(F)F)n1. The summed E-state index contributed by atoms with van der Waals surface area (Å²) in [5.74, 6) is -1.53. The van der Waals surface area contributed by atoms with Crippen molar-refractivity contribution in [1.29, 1.82) is 5.26 Å². The lowest BCUT2D eigenvalue weighted by atomic mass is 10.1. The highest BCUT2D eigenvalue weighted by molar-refractivity contribution is 5.68. The van der Waals surface area contributed by atoms with Gasteiger partial charge < -0.3 is 0 Å². The molecule has 6 nitrogen and oxygen atoms in total. The van der Waals surface area contributed by atoms with E-state index in [1.807, 2.05) is 0 Å². The minimum Gasteiger partial charge on any atom is -0.224 e. The van der Waals surface area contributed by atoms with Crippen LogP contribution in [0.4, 0.5) is 26.3 Å². The van der Waals surface area contributed by atoms with Crippen LogP contribution in [0.3, 0.4) is 0 Å². The van der Waals surface area contributed by atoms with E-state index in [-0.39, 0.29) is 28.3 Å². The molecule has 3 aromatic rings. The van der Waals surface area contributed by atoms with E-state index in [1.165, 1.54) is 0 Å². The first-order chi connectivity index (χ1) is 12.6. The van der Waals surface area contributed by atoms with E-state index in [9.17, 15) is 26.3 Å². The van der Waals surface area contributed by atoms with E-state index < -0.39 is 23.7 Å². The van der Waals surface area contributed by atoms with E-state index in [0.29, 0.717) is 0 Å². The lowest BCUT2D eigenvalue weighted by Gasteiger charge is -2.11. The molecule has 0 radical (unpaired) electrons. The summed E-state index contributed by atoms with van der Waals surface area (Å²) in [7, 11) is 0. The second-order valence-electron chi connectivity index (χ2n) is 5.17. The van der Waals surface area contributed by atoms with Gasteiger partial charge >= 0.3 is 12.4 Å². The molecule has 3 rings (SSSR count). The van der Waals surface area contributed by atoms with Crippen molar-refractivity contribution in [3.63, 3.8) is 0 Å². The zero-order valence-corrected chi connectivity index (χ0v) is 12.9. The van der Waals surface area contributed by atoms with Crippen molar-refractivity contribution in [1.82, 2.24) is 25.4 Å². The molecule has 0 aliphatic carbocycles. The van der Waals surface area contributed by atoms with E-state index in [0.717, 1.165) is 30.3 Å². The third-order valence-corrected chi connectivity index (χ3v) is 3.38. The highest BCUT2D eigenvalue weighted by Crippen LogP contribution is 2.33. The van der Waals surface area contributed by atoms with Crippen molar-refractivity contribution < 1.29 is 26.3 Å². The summed E-state index contributed by atoms with van der Waals surface area (Å²) < 4.78 is 77.3. The minimum absolute atomic E-state index is 0.000785. The predicted molar refractivity (Wildman–Crippen MR) is 77.6 cm³/mol. The van der Waals surface area contributed by atoms with Gasteiger partial charge in [-0.25, -0.2) is 9.97 Å². The molecule has 0 fully saturated rings. The molecule has 0 unspecified atom stereocenters. The second-order valence-corrected chi connectivity index (χ2v) is 5.17.